The number of hydrogen-bond acceptors (Lipinski definition) is 2. The maximum Gasteiger partial charge on any atom is 0.131 e. The Morgan fingerprint density at radius 1 is 1.29 bits per heavy atom. The van der Waals surface area contributed by atoms with Gasteiger partial charge in [-0.2, -0.15) is 0 Å². The molecule has 1 aromatic rings. The third kappa shape index (κ3) is 2.49. The van der Waals surface area contributed by atoms with E-state index in [2.05, 4.69) is 0 Å². The molecular formula is C10H13F2NO. The summed E-state index contributed by atoms with van der Waals surface area (Å²) < 4.78 is 26.3. The summed E-state index contributed by atoms with van der Waals surface area (Å²) >= 11 is 0. The van der Waals surface area contributed by atoms with E-state index in [4.69, 9.17) is 0 Å². The average Bonchev–Trinajstić information content (AvgIpc) is 2.01. The molecule has 1 N–H and O–H groups in total. The zero-order valence-electron chi connectivity index (χ0n) is 8.17. The molecule has 0 aliphatic rings. The zero-order chi connectivity index (χ0) is 10.7. The molecule has 0 saturated carbocycles. The highest BCUT2D eigenvalue weighted by atomic mass is 19.1. The molecule has 2 nitrogen and oxygen atoms in total. The van der Waals surface area contributed by atoms with Crippen LogP contribution in [0.15, 0.2) is 18.2 Å². The third-order valence-corrected chi connectivity index (χ3v) is 1.87. The van der Waals surface area contributed by atoms with Gasteiger partial charge in [-0.1, -0.05) is 6.07 Å². The van der Waals surface area contributed by atoms with E-state index in [1.165, 1.54) is 6.07 Å². The number of aliphatic hydroxyl groups excluding tert-OH is 1. The van der Waals surface area contributed by atoms with Crippen molar-refractivity contribution in [2.45, 2.75) is 6.10 Å². The van der Waals surface area contributed by atoms with Crippen molar-refractivity contribution in [1.82, 2.24) is 4.90 Å². The summed E-state index contributed by atoms with van der Waals surface area (Å²) in [6.45, 7) is 0.192. The standard InChI is InChI=1S/C10H13F2NO/c1-13(2)6-9(14)10-7(11)4-3-5-8(10)12/h3-5,9,14H,6H2,1-2H3. The van der Waals surface area contributed by atoms with Gasteiger partial charge in [0.05, 0.1) is 11.7 Å². The van der Waals surface area contributed by atoms with Crippen LogP contribution >= 0.6 is 0 Å². The largest absolute Gasteiger partial charge is 0.387 e. The van der Waals surface area contributed by atoms with Crippen LogP contribution in [0.1, 0.15) is 11.7 Å². The van der Waals surface area contributed by atoms with Crippen LogP contribution in [0.4, 0.5) is 8.78 Å². The predicted molar refractivity (Wildman–Crippen MR) is 49.9 cm³/mol. The second kappa shape index (κ2) is 4.48. The minimum absolute atomic E-state index is 0.192. The molecule has 1 atom stereocenters. The van der Waals surface area contributed by atoms with Crippen LogP contribution in [0.2, 0.25) is 0 Å². The van der Waals surface area contributed by atoms with E-state index in [-0.39, 0.29) is 12.1 Å². The maximum atomic E-state index is 13.1. The number of likely N-dealkylation sites (N-methyl/N-ethyl adjacent to an activating group) is 1. The van der Waals surface area contributed by atoms with Crippen molar-refractivity contribution in [2.24, 2.45) is 0 Å². The number of nitrogens with zero attached hydrogens (tertiary/aromatic N) is 1. The van der Waals surface area contributed by atoms with Crippen molar-refractivity contribution in [2.75, 3.05) is 20.6 Å². The number of benzene rings is 1. The molecule has 0 amide bonds. The van der Waals surface area contributed by atoms with E-state index >= 15 is 0 Å². The summed E-state index contributed by atoms with van der Waals surface area (Å²) in [5.74, 6) is -1.42. The van der Waals surface area contributed by atoms with Crippen molar-refractivity contribution >= 4 is 0 Å². The van der Waals surface area contributed by atoms with Crippen LogP contribution < -0.4 is 0 Å². The lowest BCUT2D eigenvalue weighted by molar-refractivity contribution is 0.130. The molecule has 0 aromatic heterocycles. The van der Waals surface area contributed by atoms with Gasteiger partial charge in [0.15, 0.2) is 0 Å². The molecule has 0 fully saturated rings. The van der Waals surface area contributed by atoms with E-state index < -0.39 is 17.7 Å². The molecule has 78 valence electrons. The Labute approximate surface area is 81.8 Å². The van der Waals surface area contributed by atoms with Crippen molar-refractivity contribution in [3.8, 4) is 0 Å². The fourth-order valence-electron chi connectivity index (χ4n) is 1.27. The molecule has 0 aliphatic heterocycles. The minimum atomic E-state index is -1.13. The predicted octanol–water partition coefficient (Wildman–Crippen LogP) is 1.56. The summed E-state index contributed by atoms with van der Waals surface area (Å²) in [4.78, 5) is 1.66. The molecule has 4 heteroatoms. The second-order valence-electron chi connectivity index (χ2n) is 3.41. The molecule has 0 spiro atoms. The molecule has 0 aliphatic carbocycles. The van der Waals surface area contributed by atoms with Gasteiger partial charge in [-0.15, -0.1) is 0 Å². The maximum absolute atomic E-state index is 13.1. The summed E-state index contributed by atoms with van der Waals surface area (Å²) in [5.41, 5.74) is -0.263. The van der Waals surface area contributed by atoms with Crippen molar-refractivity contribution in [3.05, 3.63) is 35.4 Å². The quantitative estimate of drug-likeness (QED) is 0.802. The summed E-state index contributed by atoms with van der Waals surface area (Å²) in [6, 6.07) is 3.55. The fourth-order valence-corrected chi connectivity index (χ4v) is 1.27. The summed E-state index contributed by atoms with van der Waals surface area (Å²) in [5, 5.41) is 9.53. The first-order chi connectivity index (χ1) is 6.52. The number of aliphatic hydroxyl groups is 1. The number of rotatable bonds is 3. The number of hydrogen-bond donors (Lipinski definition) is 1. The van der Waals surface area contributed by atoms with E-state index in [0.717, 1.165) is 12.1 Å². The monoisotopic (exact) mass is 201 g/mol. The zero-order valence-corrected chi connectivity index (χ0v) is 8.17. The van der Waals surface area contributed by atoms with Gasteiger partial charge in [0.2, 0.25) is 0 Å². The van der Waals surface area contributed by atoms with Gasteiger partial charge >= 0.3 is 0 Å². The molecule has 0 bridgehead atoms. The average molecular weight is 201 g/mol. The lowest BCUT2D eigenvalue weighted by Crippen LogP contribution is -2.21. The Hall–Kier alpha value is -1.00. The van der Waals surface area contributed by atoms with Crippen molar-refractivity contribution < 1.29 is 13.9 Å². The van der Waals surface area contributed by atoms with Crippen LogP contribution in [-0.4, -0.2) is 30.6 Å². The van der Waals surface area contributed by atoms with Gasteiger partial charge in [0.25, 0.3) is 0 Å². The Morgan fingerprint density at radius 2 is 1.79 bits per heavy atom. The second-order valence-corrected chi connectivity index (χ2v) is 3.41. The van der Waals surface area contributed by atoms with Gasteiger partial charge in [-0.25, -0.2) is 8.78 Å². The first-order valence-corrected chi connectivity index (χ1v) is 4.29. The molecule has 0 saturated heterocycles. The first kappa shape index (κ1) is 11.1. The Kier molecular flexibility index (Phi) is 3.55. The van der Waals surface area contributed by atoms with Crippen LogP contribution in [0.3, 0.4) is 0 Å². The summed E-state index contributed by atoms with van der Waals surface area (Å²) in [7, 11) is 3.45. The van der Waals surface area contributed by atoms with Crippen molar-refractivity contribution in [1.29, 1.82) is 0 Å². The topological polar surface area (TPSA) is 23.5 Å². The van der Waals surface area contributed by atoms with Gasteiger partial charge in [0.1, 0.15) is 11.6 Å². The van der Waals surface area contributed by atoms with E-state index in [9.17, 15) is 13.9 Å². The van der Waals surface area contributed by atoms with Gasteiger partial charge in [-0.05, 0) is 26.2 Å². The van der Waals surface area contributed by atoms with Crippen molar-refractivity contribution in [3.63, 3.8) is 0 Å². The molecule has 14 heavy (non-hydrogen) atoms. The molecule has 0 heterocycles. The Balaban J connectivity index is 2.94. The van der Waals surface area contributed by atoms with Crippen LogP contribution in [0.5, 0.6) is 0 Å². The number of halogens is 2. The molecule has 1 unspecified atom stereocenters. The van der Waals surface area contributed by atoms with Gasteiger partial charge < -0.3 is 10.0 Å². The van der Waals surface area contributed by atoms with E-state index in [1.807, 2.05) is 0 Å². The van der Waals surface area contributed by atoms with Gasteiger partial charge in [0, 0.05) is 6.54 Å². The van der Waals surface area contributed by atoms with E-state index in [0.29, 0.717) is 0 Å². The molecule has 1 rings (SSSR count). The minimum Gasteiger partial charge on any atom is -0.387 e. The lowest BCUT2D eigenvalue weighted by atomic mass is 10.1. The Bertz CT molecular complexity index is 295. The highest BCUT2D eigenvalue weighted by Gasteiger charge is 2.17. The first-order valence-electron chi connectivity index (χ1n) is 4.29. The smallest absolute Gasteiger partial charge is 0.131 e. The highest BCUT2D eigenvalue weighted by Crippen LogP contribution is 2.20. The Morgan fingerprint density at radius 3 is 2.21 bits per heavy atom. The van der Waals surface area contributed by atoms with Crippen LogP contribution in [-0.2, 0) is 0 Å². The summed E-state index contributed by atoms with van der Waals surface area (Å²) in [6.07, 6.45) is -1.13. The highest BCUT2D eigenvalue weighted by molar-refractivity contribution is 5.22. The van der Waals surface area contributed by atoms with E-state index in [1.54, 1.807) is 19.0 Å². The molecule has 0 radical (unpaired) electrons. The molecular weight excluding hydrogens is 188 g/mol. The lowest BCUT2D eigenvalue weighted by Gasteiger charge is -2.17. The molecule has 1 aromatic carbocycles. The van der Waals surface area contributed by atoms with Crippen LogP contribution in [0.25, 0.3) is 0 Å². The van der Waals surface area contributed by atoms with Crippen LogP contribution in [0, 0.1) is 11.6 Å². The van der Waals surface area contributed by atoms with Gasteiger partial charge in [-0.3, -0.25) is 0 Å². The third-order valence-electron chi connectivity index (χ3n) is 1.87. The SMILES string of the molecule is CN(C)CC(O)c1c(F)cccc1F. The fraction of sp³-hybridized carbons (Fsp3) is 0.400. The normalized spacial score (nSPS) is 13.3.